The Labute approximate surface area is 133 Å². The summed E-state index contributed by atoms with van der Waals surface area (Å²) in [5, 5.41) is 4.05. The summed E-state index contributed by atoms with van der Waals surface area (Å²) < 4.78 is 6.50. The molecule has 20 heavy (non-hydrogen) atoms. The molecule has 0 bridgehead atoms. The highest BCUT2D eigenvalue weighted by Gasteiger charge is 2.19. The first-order chi connectivity index (χ1) is 9.56. The van der Waals surface area contributed by atoms with E-state index < -0.39 is 0 Å². The third kappa shape index (κ3) is 3.17. The van der Waals surface area contributed by atoms with Crippen LogP contribution in [0.5, 0.6) is 5.75 Å². The van der Waals surface area contributed by atoms with Gasteiger partial charge in [-0.1, -0.05) is 45.2 Å². The first-order valence-electron chi connectivity index (χ1n) is 6.33. The molecule has 0 saturated heterocycles. The van der Waals surface area contributed by atoms with E-state index in [0.717, 1.165) is 26.4 Å². The van der Waals surface area contributed by atoms with E-state index in [-0.39, 0.29) is 6.04 Å². The minimum absolute atomic E-state index is 0.0120. The maximum Gasteiger partial charge on any atom is 0.123 e. The van der Waals surface area contributed by atoms with E-state index in [1.54, 1.807) is 7.11 Å². The van der Waals surface area contributed by atoms with Gasteiger partial charge in [0.05, 0.1) is 13.2 Å². The Morgan fingerprint density at radius 3 is 2.55 bits per heavy atom. The first-order valence-corrected chi connectivity index (χ1v) is 7.50. The molecule has 2 aromatic rings. The summed E-state index contributed by atoms with van der Waals surface area (Å²) in [6, 6.07) is 12.0. The molecule has 2 aromatic carbocycles. The Balaban J connectivity index is 2.57. The van der Waals surface area contributed by atoms with Gasteiger partial charge in [-0.2, -0.15) is 0 Å². The number of aryl methyl sites for hydroxylation is 1. The fourth-order valence-electron chi connectivity index (χ4n) is 2.29. The highest BCUT2D eigenvalue weighted by molar-refractivity contribution is 9.10. The van der Waals surface area contributed by atoms with E-state index >= 15 is 0 Å². The molecule has 4 heteroatoms. The van der Waals surface area contributed by atoms with Gasteiger partial charge in [0, 0.05) is 15.1 Å². The van der Waals surface area contributed by atoms with Crippen LogP contribution in [0, 0.1) is 6.92 Å². The molecule has 106 valence electrons. The number of hydrogen-bond acceptors (Lipinski definition) is 2. The summed E-state index contributed by atoms with van der Waals surface area (Å²) in [5.41, 5.74) is 3.38. The minimum Gasteiger partial charge on any atom is -0.496 e. The Morgan fingerprint density at radius 1 is 1.15 bits per heavy atom. The van der Waals surface area contributed by atoms with Crippen LogP contribution in [0.3, 0.4) is 0 Å². The van der Waals surface area contributed by atoms with Crippen molar-refractivity contribution in [3.63, 3.8) is 0 Å². The van der Waals surface area contributed by atoms with Crippen molar-refractivity contribution >= 4 is 27.5 Å². The summed E-state index contributed by atoms with van der Waals surface area (Å²) in [6.07, 6.45) is 0. The van der Waals surface area contributed by atoms with E-state index in [2.05, 4.69) is 34.2 Å². The van der Waals surface area contributed by atoms with Gasteiger partial charge in [-0.05, 0) is 43.8 Å². The number of rotatable bonds is 4. The van der Waals surface area contributed by atoms with Gasteiger partial charge in [0.1, 0.15) is 5.75 Å². The summed E-state index contributed by atoms with van der Waals surface area (Å²) >= 11 is 9.73. The molecule has 0 fully saturated rings. The molecule has 1 N–H and O–H groups in total. The highest BCUT2D eigenvalue weighted by atomic mass is 79.9. The van der Waals surface area contributed by atoms with Crippen LogP contribution >= 0.6 is 27.5 Å². The van der Waals surface area contributed by atoms with Gasteiger partial charge in [0.2, 0.25) is 0 Å². The van der Waals surface area contributed by atoms with Crippen molar-refractivity contribution in [1.82, 2.24) is 5.32 Å². The quantitative estimate of drug-likeness (QED) is 0.857. The van der Waals surface area contributed by atoms with Crippen LogP contribution < -0.4 is 10.1 Å². The Kier molecular flexibility index (Phi) is 5.08. The number of halogens is 2. The van der Waals surface area contributed by atoms with Crippen molar-refractivity contribution in [2.45, 2.75) is 13.0 Å². The van der Waals surface area contributed by atoms with Crippen LogP contribution in [0.25, 0.3) is 0 Å². The number of benzene rings is 2. The summed E-state index contributed by atoms with van der Waals surface area (Å²) in [4.78, 5) is 0. The summed E-state index contributed by atoms with van der Waals surface area (Å²) in [5.74, 6) is 0.863. The maximum absolute atomic E-state index is 6.13. The monoisotopic (exact) mass is 353 g/mol. The number of hydrogen-bond donors (Lipinski definition) is 1. The lowest BCUT2D eigenvalue weighted by atomic mass is 9.96. The van der Waals surface area contributed by atoms with Crippen LogP contribution in [0.4, 0.5) is 0 Å². The second-order valence-corrected chi connectivity index (χ2v) is 5.92. The average Bonchev–Trinajstić information content (AvgIpc) is 2.44. The van der Waals surface area contributed by atoms with E-state index in [4.69, 9.17) is 16.3 Å². The Morgan fingerprint density at radius 2 is 1.90 bits per heavy atom. The predicted octanol–water partition coefficient (Wildman–Crippen LogP) is 4.73. The first kappa shape index (κ1) is 15.4. The predicted molar refractivity (Wildman–Crippen MR) is 87.8 cm³/mol. The lowest BCUT2D eigenvalue weighted by Gasteiger charge is -2.22. The Hall–Kier alpha value is -1.03. The molecule has 0 radical (unpaired) electrons. The van der Waals surface area contributed by atoms with Gasteiger partial charge in [-0.3, -0.25) is 0 Å². The maximum atomic E-state index is 6.13. The zero-order chi connectivity index (χ0) is 14.7. The fourth-order valence-corrected chi connectivity index (χ4v) is 2.95. The molecule has 0 heterocycles. The normalized spacial score (nSPS) is 12.2. The van der Waals surface area contributed by atoms with Gasteiger partial charge in [-0.25, -0.2) is 0 Å². The molecule has 2 rings (SSSR count). The zero-order valence-electron chi connectivity index (χ0n) is 11.7. The van der Waals surface area contributed by atoms with Gasteiger partial charge < -0.3 is 10.1 Å². The third-order valence-corrected chi connectivity index (χ3v) is 4.21. The van der Waals surface area contributed by atoms with Gasteiger partial charge >= 0.3 is 0 Å². The van der Waals surface area contributed by atoms with E-state index in [1.165, 1.54) is 5.56 Å². The third-order valence-electron chi connectivity index (χ3n) is 3.25. The molecule has 0 saturated carbocycles. The smallest absolute Gasteiger partial charge is 0.123 e. The van der Waals surface area contributed by atoms with Crippen LogP contribution in [0.15, 0.2) is 40.9 Å². The molecule has 2 nitrogen and oxygen atoms in total. The van der Waals surface area contributed by atoms with Crippen LogP contribution in [0.1, 0.15) is 22.7 Å². The van der Waals surface area contributed by atoms with Crippen LogP contribution in [0.2, 0.25) is 5.02 Å². The van der Waals surface area contributed by atoms with Gasteiger partial charge in [0.25, 0.3) is 0 Å². The second kappa shape index (κ2) is 6.61. The second-order valence-electron chi connectivity index (χ2n) is 4.63. The zero-order valence-corrected chi connectivity index (χ0v) is 14.0. The molecular weight excluding hydrogens is 338 g/mol. The minimum atomic E-state index is 0.0120. The average molecular weight is 355 g/mol. The molecule has 0 aliphatic carbocycles. The topological polar surface area (TPSA) is 21.3 Å². The van der Waals surface area contributed by atoms with Crippen LogP contribution in [-0.2, 0) is 0 Å². The highest BCUT2D eigenvalue weighted by Crippen LogP contribution is 2.35. The van der Waals surface area contributed by atoms with Crippen molar-refractivity contribution in [2.75, 3.05) is 14.2 Å². The van der Waals surface area contributed by atoms with Gasteiger partial charge in [0.15, 0.2) is 0 Å². The van der Waals surface area contributed by atoms with Crippen molar-refractivity contribution in [3.05, 3.63) is 62.6 Å². The molecule has 0 aliphatic rings. The van der Waals surface area contributed by atoms with Gasteiger partial charge in [-0.15, -0.1) is 0 Å². The van der Waals surface area contributed by atoms with Crippen molar-refractivity contribution < 1.29 is 4.74 Å². The molecule has 0 spiro atoms. The van der Waals surface area contributed by atoms with E-state index in [9.17, 15) is 0 Å². The SMILES string of the molecule is CNC(c1cc(Cl)ccc1Br)c1cc(C)ccc1OC. The lowest BCUT2D eigenvalue weighted by Crippen LogP contribution is -2.19. The molecular formula is C16H17BrClNO. The van der Waals surface area contributed by atoms with E-state index in [0.29, 0.717) is 0 Å². The standard InChI is InChI=1S/C16H17BrClNO/c1-10-4-7-15(20-3)13(8-10)16(19-2)12-9-11(18)5-6-14(12)17/h4-9,16,19H,1-3H3. The molecule has 0 aromatic heterocycles. The largest absolute Gasteiger partial charge is 0.496 e. The molecule has 1 atom stereocenters. The van der Waals surface area contributed by atoms with Crippen LogP contribution in [-0.4, -0.2) is 14.2 Å². The summed E-state index contributed by atoms with van der Waals surface area (Å²) in [6.45, 7) is 2.07. The number of ether oxygens (including phenoxy) is 1. The van der Waals surface area contributed by atoms with Crippen molar-refractivity contribution in [2.24, 2.45) is 0 Å². The summed E-state index contributed by atoms with van der Waals surface area (Å²) in [7, 11) is 3.62. The molecule has 0 amide bonds. The lowest BCUT2D eigenvalue weighted by molar-refractivity contribution is 0.405. The van der Waals surface area contributed by atoms with Crippen molar-refractivity contribution in [3.8, 4) is 5.75 Å². The number of nitrogens with one attached hydrogen (secondary N) is 1. The fraction of sp³-hybridized carbons (Fsp3) is 0.250. The molecule has 1 unspecified atom stereocenters. The molecule has 0 aliphatic heterocycles. The number of methoxy groups -OCH3 is 1. The Bertz CT molecular complexity index is 615. The van der Waals surface area contributed by atoms with Crippen molar-refractivity contribution in [1.29, 1.82) is 0 Å². The van der Waals surface area contributed by atoms with E-state index in [1.807, 2.05) is 37.4 Å².